The molecule has 0 unspecified atom stereocenters. The van der Waals surface area contributed by atoms with Gasteiger partial charge in [0.2, 0.25) is 5.91 Å². The van der Waals surface area contributed by atoms with Crippen LogP contribution >= 0.6 is 11.8 Å². The van der Waals surface area contributed by atoms with Crippen molar-refractivity contribution in [2.75, 3.05) is 19.4 Å². The summed E-state index contributed by atoms with van der Waals surface area (Å²) in [6, 6.07) is 7.33. The quantitative estimate of drug-likeness (QED) is 0.784. The summed E-state index contributed by atoms with van der Waals surface area (Å²) in [6.07, 6.45) is 1.00. The number of benzene rings is 1. The number of hydrogen-bond acceptors (Lipinski definition) is 4. The van der Waals surface area contributed by atoms with Crippen molar-refractivity contribution >= 4 is 23.6 Å². The molecule has 1 aromatic rings. The molecule has 0 N–H and O–H groups in total. The first kappa shape index (κ1) is 15.9. The fraction of sp³-hybridized carbons (Fsp3) is 0.500. The average Bonchev–Trinajstić information content (AvgIpc) is 2.85. The lowest BCUT2D eigenvalue weighted by Gasteiger charge is -2.25. The lowest BCUT2D eigenvalue weighted by molar-refractivity contribution is -0.128. The van der Waals surface area contributed by atoms with E-state index < -0.39 is 0 Å². The number of ether oxygens (including phenoxy) is 1. The van der Waals surface area contributed by atoms with Crippen LogP contribution in [0.4, 0.5) is 0 Å². The molecule has 1 heterocycles. The number of methoxy groups -OCH3 is 1. The predicted octanol–water partition coefficient (Wildman–Crippen LogP) is 3.09. The Bertz CT molecular complexity index is 513. The van der Waals surface area contributed by atoms with Crippen LogP contribution in [0.3, 0.4) is 0 Å². The van der Waals surface area contributed by atoms with Gasteiger partial charge in [-0.05, 0) is 30.0 Å². The molecule has 1 saturated heterocycles. The van der Waals surface area contributed by atoms with Crippen molar-refractivity contribution in [2.24, 2.45) is 5.92 Å². The zero-order valence-electron chi connectivity index (χ0n) is 12.7. The van der Waals surface area contributed by atoms with Crippen LogP contribution < -0.4 is 0 Å². The van der Waals surface area contributed by atoms with E-state index in [1.165, 1.54) is 7.11 Å². The lowest BCUT2D eigenvalue weighted by Crippen LogP contribution is -2.29. The topological polar surface area (TPSA) is 46.6 Å². The average molecular weight is 307 g/mol. The normalized spacial score (nSPS) is 18.4. The van der Waals surface area contributed by atoms with E-state index in [1.54, 1.807) is 23.9 Å². The van der Waals surface area contributed by atoms with Gasteiger partial charge in [0.1, 0.15) is 5.37 Å². The number of thioether (sulfide) groups is 1. The van der Waals surface area contributed by atoms with Gasteiger partial charge in [-0.15, -0.1) is 11.8 Å². The molecule has 0 radical (unpaired) electrons. The Kier molecular flexibility index (Phi) is 5.28. The van der Waals surface area contributed by atoms with Gasteiger partial charge in [0.15, 0.2) is 0 Å². The maximum Gasteiger partial charge on any atom is 0.337 e. The maximum atomic E-state index is 12.0. The molecule has 1 atom stereocenters. The first-order valence-electron chi connectivity index (χ1n) is 7.12. The number of hydrogen-bond donors (Lipinski definition) is 0. The molecule has 0 spiro atoms. The second-order valence-electron chi connectivity index (χ2n) is 5.55. The second kappa shape index (κ2) is 6.98. The van der Waals surface area contributed by atoms with Gasteiger partial charge < -0.3 is 9.64 Å². The summed E-state index contributed by atoms with van der Waals surface area (Å²) in [5, 5.41) is 0.0583. The lowest BCUT2D eigenvalue weighted by atomic mass is 10.1. The molecule has 0 aromatic heterocycles. The van der Waals surface area contributed by atoms with Crippen LogP contribution in [0.25, 0.3) is 0 Å². The fourth-order valence-electron chi connectivity index (χ4n) is 2.27. The van der Waals surface area contributed by atoms with Crippen LogP contribution in [-0.2, 0) is 9.53 Å². The standard InChI is InChI=1S/C16H21NO3S/c1-11(2)8-9-17-14(18)10-21-15(17)12-4-6-13(7-5-12)16(19)20-3/h4-7,11,15H,8-10H2,1-3H3/t15-/m0/s1. The van der Waals surface area contributed by atoms with Gasteiger partial charge in [-0.25, -0.2) is 4.79 Å². The van der Waals surface area contributed by atoms with Gasteiger partial charge in [0.05, 0.1) is 18.4 Å². The zero-order valence-corrected chi connectivity index (χ0v) is 13.5. The van der Waals surface area contributed by atoms with Crippen LogP contribution in [0, 0.1) is 5.92 Å². The van der Waals surface area contributed by atoms with E-state index in [1.807, 2.05) is 17.0 Å². The number of nitrogens with zero attached hydrogens (tertiary/aromatic N) is 1. The van der Waals surface area contributed by atoms with Gasteiger partial charge >= 0.3 is 5.97 Å². The summed E-state index contributed by atoms with van der Waals surface area (Å²) in [5.41, 5.74) is 1.59. The second-order valence-corrected chi connectivity index (χ2v) is 6.62. The summed E-state index contributed by atoms with van der Waals surface area (Å²) in [5.74, 6) is 0.962. The van der Waals surface area contributed by atoms with Crippen molar-refractivity contribution in [2.45, 2.75) is 25.6 Å². The van der Waals surface area contributed by atoms with Crippen molar-refractivity contribution < 1.29 is 14.3 Å². The minimum atomic E-state index is -0.339. The molecule has 114 valence electrons. The summed E-state index contributed by atoms with van der Waals surface area (Å²) in [6.45, 7) is 5.11. The molecule has 1 aliphatic heterocycles. The minimum absolute atomic E-state index is 0.0583. The summed E-state index contributed by atoms with van der Waals surface area (Å²) >= 11 is 1.64. The minimum Gasteiger partial charge on any atom is -0.465 e. The monoisotopic (exact) mass is 307 g/mol. The highest BCUT2D eigenvalue weighted by molar-refractivity contribution is 8.00. The highest BCUT2D eigenvalue weighted by atomic mass is 32.2. The Hall–Kier alpha value is -1.49. The first-order valence-corrected chi connectivity index (χ1v) is 8.17. The molecular formula is C16H21NO3S. The molecule has 0 aliphatic carbocycles. The largest absolute Gasteiger partial charge is 0.465 e. The Morgan fingerprint density at radius 1 is 1.38 bits per heavy atom. The smallest absolute Gasteiger partial charge is 0.337 e. The van der Waals surface area contributed by atoms with Gasteiger partial charge in [-0.1, -0.05) is 26.0 Å². The number of amides is 1. The van der Waals surface area contributed by atoms with Gasteiger partial charge in [-0.3, -0.25) is 4.79 Å². The third-order valence-corrected chi connectivity index (χ3v) is 4.79. The number of carbonyl (C=O) groups is 2. The van der Waals surface area contributed by atoms with E-state index in [0.717, 1.165) is 18.5 Å². The maximum absolute atomic E-state index is 12.0. The molecule has 1 aliphatic rings. The number of esters is 1. The van der Waals surface area contributed by atoms with Crippen molar-refractivity contribution in [3.63, 3.8) is 0 Å². The number of carbonyl (C=O) groups excluding carboxylic acids is 2. The number of rotatable bonds is 5. The van der Waals surface area contributed by atoms with E-state index in [2.05, 4.69) is 13.8 Å². The van der Waals surface area contributed by atoms with Crippen LogP contribution in [0.2, 0.25) is 0 Å². The molecule has 0 bridgehead atoms. The molecule has 21 heavy (non-hydrogen) atoms. The Labute approximate surface area is 129 Å². The van der Waals surface area contributed by atoms with Crippen LogP contribution in [0.15, 0.2) is 24.3 Å². The molecule has 2 rings (SSSR count). The molecule has 0 saturated carbocycles. The highest BCUT2D eigenvalue weighted by Crippen LogP contribution is 2.38. The predicted molar refractivity (Wildman–Crippen MR) is 84.1 cm³/mol. The van der Waals surface area contributed by atoms with Gasteiger partial charge in [0, 0.05) is 6.54 Å². The summed E-state index contributed by atoms with van der Waals surface area (Å²) in [7, 11) is 1.37. The van der Waals surface area contributed by atoms with Crippen LogP contribution in [0.1, 0.15) is 41.6 Å². The third-order valence-electron chi connectivity index (χ3n) is 3.53. The van der Waals surface area contributed by atoms with Crippen molar-refractivity contribution in [1.29, 1.82) is 0 Å². The van der Waals surface area contributed by atoms with Gasteiger partial charge in [0.25, 0.3) is 0 Å². The van der Waals surface area contributed by atoms with Crippen molar-refractivity contribution in [3.8, 4) is 0 Å². The Morgan fingerprint density at radius 2 is 2.05 bits per heavy atom. The molecule has 4 nitrogen and oxygen atoms in total. The van der Waals surface area contributed by atoms with Crippen LogP contribution in [-0.4, -0.2) is 36.2 Å². The highest BCUT2D eigenvalue weighted by Gasteiger charge is 2.32. The van der Waals surface area contributed by atoms with E-state index in [4.69, 9.17) is 4.74 Å². The van der Waals surface area contributed by atoms with E-state index >= 15 is 0 Å². The van der Waals surface area contributed by atoms with Gasteiger partial charge in [-0.2, -0.15) is 0 Å². The zero-order chi connectivity index (χ0) is 15.4. The van der Waals surface area contributed by atoms with E-state index in [0.29, 0.717) is 17.2 Å². The SMILES string of the molecule is COC(=O)c1ccc([C@@H]2SCC(=O)N2CCC(C)C)cc1. The molecular weight excluding hydrogens is 286 g/mol. The molecule has 5 heteroatoms. The van der Waals surface area contributed by atoms with Crippen molar-refractivity contribution in [1.82, 2.24) is 4.90 Å². The van der Waals surface area contributed by atoms with Crippen molar-refractivity contribution in [3.05, 3.63) is 35.4 Å². The van der Waals surface area contributed by atoms with E-state index in [9.17, 15) is 9.59 Å². The van der Waals surface area contributed by atoms with E-state index in [-0.39, 0.29) is 17.3 Å². The Morgan fingerprint density at radius 3 is 2.62 bits per heavy atom. The summed E-state index contributed by atoms with van der Waals surface area (Å²) < 4.78 is 4.70. The van der Waals surface area contributed by atoms with Crippen LogP contribution in [0.5, 0.6) is 0 Å². The molecule has 1 fully saturated rings. The first-order chi connectivity index (χ1) is 10.0. The summed E-state index contributed by atoms with van der Waals surface area (Å²) in [4.78, 5) is 25.4. The fourth-order valence-corrected chi connectivity index (χ4v) is 3.49. The Balaban J connectivity index is 2.12. The molecule has 1 aromatic carbocycles. The molecule has 1 amide bonds. The third kappa shape index (κ3) is 3.79.